The minimum absolute atomic E-state index is 0.0253. The first-order chi connectivity index (χ1) is 7.91. The Bertz CT molecular complexity index is 401. The van der Waals surface area contributed by atoms with E-state index in [9.17, 15) is 9.90 Å². The van der Waals surface area contributed by atoms with Crippen molar-refractivity contribution < 1.29 is 9.90 Å². The van der Waals surface area contributed by atoms with Crippen molar-refractivity contribution in [1.82, 2.24) is 4.90 Å². The standard InChI is InChI=1S/C14H21NO2/c1-10-5-6-13(9-11(10)2)14(17)7-8-15(4)12(3)16/h5-6,9,14,17H,7-8H2,1-4H3/t14-/m1/s1. The number of carbonyl (C=O) groups excluding carboxylic acids is 1. The van der Waals surface area contributed by atoms with Gasteiger partial charge in [0.25, 0.3) is 0 Å². The molecule has 1 aromatic carbocycles. The van der Waals surface area contributed by atoms with Gasteiger partial charge in [0.05, 0.1) is 6.10 Å². The molecule has 3 heteroatoms. The van der Waals surface area contributed by atoms with Crippen LogP contribution in [-0.2, 0) is 4.79 Å². The molecule has 0 saturated heterocycles. The summed E-state index contributed by atoms with van der Waals surface area (Å²) >= 11 is 0. The monoisotopic (exact) mass is 235 g/mol. The van der Waals surface area contributed by atoms with Gasteiger partial charge >= 0.3 is 0 Å². The molecule has 0 spiro atoms. The fourth-order valence-electron chi connectivity index (χ4n) is 1.61. The first-order valence-corrected chi connectivity index (χ1v) is 5.88. The van der Waals surface area contributed by atoms with Crippen LogP contribution in [0.4, 0.5) is 0 Å². The lowest BCUT2D eigenvalue weighted by Crippen LogP contribution is -2.26. The maximum Gasteiger partial charge on any atom is 0.219 e. The molecule has 1 rings (SSSR count). The van der Waals surface area contributed by atoms with E-state index in [2.05, 4.69) is 6.92 Å². The van der Waals surface area contributed by atoms with Crippen LogP contribution < -0.4 is 0 Å². The number of rotatable bonds is 4. The summed E-state index contributed by atoms with van der Waals surface area (Å²) in [6, 6.07) is 5.97. The van der Waals surface area contributed by atoms with Crippen LogP contribution >= 0.6 is 0 Å². The number of amides is 1. The van der Waals surface area contributed by atoms with E-state index in [0.717, 1.165) is 5.56 Å². The Balaban J connectivity index is 2.60. The molecule has 0 bridgehead atoms. The highest BCUT2D eigenvalue weighted by atomic mass is 16.3. The van der Waals surface area contributed by atoms with E-state index in [0.29, 0.717) is 13.0 Å². The molecule has 1 N–H and O–H groups in total. The normalized spacial score (nSPS) is 12.3. The van der Waals surface area contributed by atoms with Gasteiger partial charge in [0.1, 0.15) is 0 Å². The van der Waals surface area contributed by atoms with Crippen molar-refractivity contribution in [3.8, 4) is 0 Å². The second kappa shape index (κ2) is 5.82. The zero-order valence-corrected chi connectivity index (χ0v) is 11.0. The predicted octanol–water partition coefficient (Wildman–Crippen LogP) is 2.21. The summed E-state index contributed by atoms with van der Waals surface area (Å²) in [4.78, 5) is 12.7. The summed E-state index contributed by atoms with van der Waals surface area (Å²) in [5.74, 6) is 0.0253. The minimum Gasteiger partial charge on any atom is -0.388 e. The van der Waals surface area contributed by atoms with Crippen LogP contribution in [0, 0.1) is 13.8 Å². The third-order valence-corrected chi connectivity index (χ3v) is 3.19. The molecule has 0 aliphatic rings. The van der Waals surface area contributed by atoms with Crippen LogP contribution in [0.15, 0.2) is 18.2 Å². The first-order valence-electron chi connectivity index (χ1n) is 5.88. The van der Waals surface area contributed by atoms with Crippen LogP contribution in [0.1, 0.15) is 36.1 Å². The van der Waals surface area contributed by atoms with Gasteiger partial charge in [-0.3, -0.25) is 4.79 Å². The van der Waals surface area contributed by atoms with Gasteiger partial charge in [-0.15, -0.1) is 0 Å². The summed E-state index contributed by atoms with van der Waals surface area (Å²) in [7, 11) is 1.75. The number of aryl methyl sites for hydroxylation is 2. The van der Waals surface area contributed by atoms with Crippen LogP contribution in [0.2, 0.25) is 0 Å². The molecule has 0 heterocycles. The molecule has 0 fully saturated rings. The molecule has 0 saturated carbocycles. The minimum atomic E-state index is -0.504. The van der Waals surface area contributed by atoms with Crippen molar-refractivity contribution in [1.29, 1.82) is 0 Å². The van der Waals surface area contributed by atoms with E-state index < -0.39 is 6.10 Å². The van der Waals surface area contributed by atoms with Crippen LogP contribution in [-0.4, -0.2) is 29.5 Å². The lowest BCUT2D eigenvalue weighted by Gasteiger charge is -2.18. The van der Waals surface area contributed by atoms with E-state index in [1.165, 1.54) is 18.1 Å². The highest BCUT2D eigenvalue weighted by Crippen LogP contribution is 2.19. The molecular formula is C14H21NO2. The van der Waals surface area contributed by atoms with Crippen molar-refractivity contribution in [2.24, 2.45) is 0 Å². The zero-order chi connectivity index (χ0) is 13.0. The lowest BCUT2D eigenvalue weighted by molar-refractivity contribution is -0.127. The van der Waals surface area contributed by atoms with Crippen molar-refractivity contribution in [2.75, 3.05) is 13.6 Å². The first kappa shape index (κ1) is 13.7. The van der Waals surface area contributed by atoms with Gasteiger partial charge in [-0.25, -0.2) is 0 Å². The molecule has 1 amide bonds. The smallest absolute Gasteiger partial charge is 0.219 e. The molecule has 17 heavy (non-hydrogen) atoms. The molecule has 94 valence electrons. The van der Waals surface area contributed by atoms with E-state index >= 15 is 0 Å². The Morgan fingerprint density at radius 1 is 1.35 bits per heavy atom. The van der Waals surface area contributed by atoms with E-state index in [1.54, 1.807) is 11.9 Å². The molecule has 1 atom stereocenters. The maximum atomic E-state index is 11.0. The van der Waals surface area contributed by atoms with Crippen molar-refractivity contribution >= 4 is 5.91 Å². The summed E-state index contributed by atoms with van der Waals surface area (Å²) in [6.45, 7) is 6.19. The molecule has 0 radical (unpaired) electrons. The van der Waals surface area contributed by atoms with Gasteiger partial charge in [0.2, 0.25) is 5.91 Å². The van der Waals surface area contributed by atoms with Crippen LogP contribution in [0.25, 0.3) is 0 Å². The van der Waals surface area contributed by atoms with Gasteiger partial charge in [0.15, 0.2) is 0 Å². The van der Waals surface area contributed by atoms with E-state index in [-0.39, 0.29) is 5.91 Å². The van der Waals surface area contributed by atoms with Gasteiger partial charge < -0.3 is 10.0 Å². The Morgan fingerprint density at radius 2 is 2.00 bits per heavy atom. The number of carbonyl (C=O) groups is 1. The fraction of sp³-hybridized carbons (Fsp3) is 0.500. The van der Waals surface area contributed by atoms with Crippen molar-refractivity contribution in [2.45, 2.75) is 33.3 Å². The van der Waals surface area contributed by atoms with E-state index in [4.69, 9.17) is 0 Å². The topological polar surface area (TPSA) is 40.5 Å². The second-order valence-corrected chi connectivity index (χ2v) is 4.59. The summed E-state index contributed by atoms with van der Waals surface area (Å²) in [6.07, 6.45) is 0.0644. The van der Waals surface area contributed by atoms with E-state index in [1.807, 2.05) is 25.1 Å². The summed E-state index contributed by atoms with van der Waals surface area (Å²) < 4.78 is 0. The molecule has 0 aliphatic carbocycles. The Hall–Kier alpha value is -1.35. The number of benzene rings is 1. The van der Waals surface area contributed by atoms with Crippen molar-refractivity contribution in [3.05, 3.63) is 34.9 Å². The highest BCUT2D eigenvalue weighted by Gasteiger charge is 2.10. The Labute approximate surface area is 103 Å². The van der Waals surface area contributed by atoms with Gasteiger partial charge in [-0.05, 0) is 37.0 Å². The van der Waals surface area contributed by atoms with Crippen LogP contribution in [0.5, 0.6) is 0 Å². The van der Waals surface area contributed by atoms with Gasteiger partial charge in [0, 0.05) is 20.5 Å². The zero-order valence-electron chi connectivity index (χ0n) is 11.0. The van der Waals surface area contributed by atoms with Crippen LogP contribution in [0.3, 0.4) is 0 Å². The second-order valence-electron chi connectivity index (χ2n) is 4.59. The largest absolute Gasteiger partial charge is 0.388 e. The number of aliphatic hydroxyl groups excluding tert-OH is 1. The number of hydrogen-bond acceptors (Lipinski definition) is 2. The third-order valence-electron chi connectivity index (χ3n) is 3.19. The third kappa shape index (κ3) is 3.86. The molecule has 1 aromatic rings. The number of aliphatic hydroxyl groups is 1. The predicted molar refractivity (Wildman–Crippen MR) is 68.8 cm³/mol. The Kier molecular flexibility index (Phi) is 4.70. The summed E-state index contributed by atoms with van der Waals surface area (Å²) in [5, 5.41) is 10.0. The molecule has 3 nitrogen and oxygen atoms in total. The molecular weight excluding hydrogens is 214 g/mol. The SMILES string of the molecule is CC(=O)N(C)CC[C@@H](O)c1ccc(C)c(C)c1. The maximum absolute atomic E-state index is 11.0. The average molecular weight is 235 g/mol. The molecule has 0 aromatic heterocycles. The lowest BCUT2D eigenvalue weighted by atomic mass is 10.0. The molecule has 0 aliphatic heterocycles. The molecule has 0 unspecified atom stereocenters. The highest BCUT2D eigenvalue weighted by molar-refractivity contribution is 5.72. The fourth-order valence-corrected chi connectivity index (χ4v) is 1.61. The average Bonchev–Trinajstić information content (AvgIpc) is 2.28. The number of hydrogen-bond donors (Lipinski definition) is 1. The van der Waals surface area contributed by atoms with Gasteiger partial charge in [-0.1, -0.05) is 18.2 Å². The van der Waals surface area contributed by atoms with Gasteiger partial charge in [-0.2, -0.15) is 0 Å². The van der Waals surface area contributed by atoms with Crippen molar-refractivity contribution in [3.63, 3.8) is 0 Å². The number of nitrogens with zero attached hydrogens (tertiary/aromatic N) is 1. The summed E-state index contributed by atoms with van der Waals surface area (Å²) in [5.41, 5.74) is 3.33. The Morgan fingerprint density at radius 3 is 2.53 bits per heavy atom. The quantitative estimate of drug-likeness (QED) is 0.869.